The maximum atomic E-state index is 11.6. The molecular formula is C12H15Br2NO2S. The van der Waals surface area contributed by atoms with Crippen LogP contribution in [0.4, 0.5) is 0 Å². The molecule has 2 atom stereocenters. The van der Waals surface area contributed by atoms with Crippen LogP contribution in [-0.4, -0.2) is 27.0 Å². The molecule has 1 fully saturated rings. The van der Waals surface area contributed by atoms with Crippen LogP contribution in [0.2, 0.25) is 0 Å². The van der Waals surface area contributed by atoms with E-state index in [1.54, 1.807) is 0 Å². The fourth-order valence-corrected chi connectivity index (χ4v) is 4.95. The van der Waals surface area contributed by atoms with Gasteiger partial charge in [0.2, 0.25) is 0 Å². The number of rotatable bonds is 3. The van der Waals surface area contributed by atoms with Gasteiger partial charge in [0.05, 0.1) is 11.5 Å². The monoisotopic (exact) mass is 395 g/mol. The maximum Gasteiger partial charge on any atom is 0.150 e. The van der Waals surface area contributed by atoms with Gasteiger partial charge in [-0.05, 0) is 68.9 Å². The molecule has 6 heteroatoms. The molecule has 1 aliphatic rings. The lowest BCUT2D eigenvalue weighted by Gasteiger charge is -2.23. The van der Waals surface area contributed by atoms with E-state index in [4.69, 9.17) is 0 Å². The highest BCUT2D eigenvalue weighted by atomic mass is 79.9. The smallest absolute Gasteiger partial charge is 0.150 e. The number of benzene rings is 1. The quantitative estimate of drug-likeness (QED) is 0.854. The van der Waals surface area contributed by atoms with E-state index in [-0.39, 0.29) is 17.7 Å². The highest BCUT2D eigenvalue weighted by Gasteiger charge is 2.33. The minimum atomic E-state index is -2.84. The second kappa shape index (κ2) is 5.61. The number of nitrogens with one attached hydrogen (secondary N) is 1. The third kappa shape index (κ3) is 3.15. The molecule has 1 aromatic carbocycles. The molecule has 1 N–H and O–H groups in total. The van der Waals surface area contributed by atoms with Gasteiger partial charge in [0.25, 0.3) is 0 Å². The van der Waals surface area contributed by atoms with Crippen LogP contribution in [0.1, 0.15) is 18.0 Å². The highest BCUT2D eigenvalue weighted by Crippen LogP contribution is 2.34. The molecule has 0 saturated carbocycles. The van der Waals surface area contributed by atoms with Crippen molar-refractivity contribution in [1.29, 1.82) is 0 Å². The van der Waals surface area contributed by atoms with Gasteiger partial charge in [-0.3, -0.25) is 0 Å². The third-order valence-electron chi connectivity index (χ3n) is 3.35. The minimum Gasteiger partial charge on any atom is -0.313 e. The van der Waals surface area contributed by atoms with Crippen LogP contribution in [0.3, 0.4) is 0 Å². The van der Waals surface area contributed by atoms with Gasteiger partial charge in [-0.25, -0.2) is 8.42 Å². The summed E-state index contributed by atoms with van der Waals surface area (Å²) < 4.78 is 25.1. The molecule has 1 aromatic rings. The number of sulfone groups is 1. The van der Waals surface area contributed by atoms with Crippen LogP contribution in [0.15, 0.2) is 27.1 Å². The zero-order valence-corrected chi connectivity index (χ0v) is 14.0. The first kappa shape index (κ1) is 14.5. The first-order chi connectivity index (χ1) is 8.43. The van der Waals surface area contributed by atoms with E-state index in [0.29, 0.717) is 5.75 Å². The summed E-state index contributed by atoms with van der Waals surface area (Å²) in [7, 11) is -0.957. The largest absolute Gasteiger partial charge is 0.313 e. The van der Waals surface area contributed by atoms with E-state index < -0.39 is 9.84 Å². The van der Waals surface area contributed by atoms with Crippen LogP contribution in [0, 0.1) is 5.92 Å². The molecular weight excluding hydrogens is 382 g/mol. The molecule has 1 saturated heterocycles. The Labute approximate surface area is 125 Å². The lowest BCUT2D eigenvalue weighted by molar-refractivity contribution is 0.418. The molecule has 2 rings (SSSR count). The Morgan fingerprint density at radius 2 is 2.06 bits per heavy atom. The fourth-order valence-electron chi connectivity index (χ4n) is 2.47. The van der Waals surface area contributed by atoms with Crippen LogP contribution in [-0.2, 0) is 9.84 Å². The lowest BCUT2D eigenvalue weighted by atomic mass is 9.93. The molecule has 0 spiro atoms. The van der Waals surface area contributed by atoms with Gasteiger partial charge in [-0.15, -0.1) is 0 Å². The summed E-state index contributed by atoms with van der Waals surface area (Å²) in [6.45, 7) is 0. The second-order valence-electron chi connectivity index (χ2n) is 4.60. The third-order valence-corrected chi connectivity index (χ3v) is 7.03. The Kier molecular flexibility index (Phi) is 4.52. The van der Waals surface area contributed by atoms with Crippen molar-refractivity contribution in [3.05, 3.63) is 32.7 Å². The van der Waals surface area contributed by atoms with E-state index in [0.717, 1.165) is 20.9 Å². The van der Waals surface area contributed by atoms with Crippen molar-refractivity contribution in [3.63, 3.8) is 0 Å². The Morgan fingerprint density at radius 1 is 1.33 bits per heavy atom. The van der Waals surface area contributed by atoms with Crippen LogP contribution < -0.4 is 5.32 Å². The van der Waals surface area contributed by atoms with Gasteiger partial charge in [0, 0.05) is 15.0 Å². The lowest BCUT2D eigenvalue weighted by Crippen LogP contribution is -2.26. The van der Waals surface area contributed by atoms with Crippen molar-refractivity contribution in [2.75, 3.05) is 18.6 Å². The molecule has 0 aromatic heterocycles. The molecule has 100 valence electrons. The zero-order valence-electron chi connectivity index (χ0n) is 9.99. The van der Waals surface area contributed by atoms with Crippen molar-refractivity contribution in [1.82, 2.24) is 5.32 Å². The number of hydrogen-bond acceptors (Lipinski definition) is 3. The topological polar surface area (TPSA) is 46.2 Å². The Bertz CT molecular complexity index is 545. The van der Waals surface area contributed by atoms with Gasteiger partial charge >= 0.3 is 0 Å². The van der Waals surface area contributed by atoms with Crippen molar-refractivity contribution >= 4 is 41.7 Å². The van der Waals surface area contributed by atoms with Crippen molar-refractivity contribution < 1.29 is 8.42 Å². The number of halogens is 2. The summed E-state index contributed by atoms with van der Waals surface area (Å²) >= 11 is 6.92. The summed E-state index contributed by atoms with van der Waals surface area (Å²) in [4.78, 5) is 0. The van der Waals surface area contributed by atoms with Crippen molar-refractivity contribution in [3.8, 4) is 0 Å². The molecule has 0 radical (unpaired) electrons. The van der Waals surface area contributed by atoms with Gasteiger partial charge < -0.3 is 5.32 Å². The minimum absolute atomic E-state index is 0.0895. The van der Waals surface area contributed by atoms with E-state index in [2.05, 4.69) is 37.2 Å². The summed E-state index contributed by atoms with van der Waals surface area (Å²) in [6, 6.07) is 6.14. The first-order valence-corrected chi connectivity index (χ1v) is 9.16. The highest BCUT2D eigenvalue weighted by molar-refractivity contribution is 9.13. The molecule has 0 aliphatic carbocycles. The van der Waals surface area contributed by atoms with Gasteiger partial charge in [0.1, 0.15) is 0 Å². The van der Waals surface area contributed by atoms with Gasteiger partial charge in [0.15, 0.2) is 9.84 Å². The van der Waals surface area contributed by atoms with Crippen LogP contribution in [0.25, 0.3) is 0 Å². The summed E-state index contributed by atoms with van der Waals surface area (Å²) in [5.41, 5.74) is 1.12. The first-order valence-electron chi connectivity index (χ1n) is 5.75. The Balaban J connectivity index is 2.26. The molecule has 0 amide bonds. The van der Waals surface area contributed by atoms with E-state index >= 15 is 0 Å². The molecule has 3 nitrogen and oxygen atoms in total. The summed E-state index contributed by atoms with van der Waals surface area (Å²) in [5.74, 6) is 0.757. The standard InChI is InChI=1S/C12H15Br2NO2S/c1-15-12(9-4-5-18(16,17)7-9)8-2-3-10(13)11(14)6-8/h2-3,6,9,12,15H,4-5,7H2,1H3. The normalized spacial score (nSPS) is 24.1. The van der Waals surface area contributed by atoms with Crippen molar-refractivity contribution in [2.24, 2.45) is 5.92 Å². The average molecular weight is 397 g/mol. The predicted molar refractivity (Wildman–Crippen MR) is 80.4 cm³/mol. The van der Waals surface area contributed by atoms with Crippen molar-refractivity contribution in [2.45, 2.75) is 12.5 Å². The molecule has 18 heavy (non-hydrogen) atoms. The zero-order chi connectivity index (χ0) is 13.3. The molecule has 0 bridgehead atoms. The Morgan fingerprint density at radius 3 is 2.56 bits per heavy atom. The van der Waals surface area contributed by atoms with E-state index in [1.165, 1.54) is 0 Å². The van der Waals surface area contributed by atoms with E-state index in [1.807, 2.05) is 25.2 Å². The number of hydrogen-bond donors (Lipinski definition) is 1. The predicted octanol–water partition coefficient (Wildman–Crippen LogP) is 2.91. The maximum absolute atomic E-state index is 11.6. The molecule has 1 aliphatic heterocycles. The Hall–Kier alpha value is 0.0900. The van der Waals surface area contributed by atoms with Crippen LogP contribution in [0.5, 0.6) is 0 Å². The summed E-state index contributed by atoms with van der Waals surface area (Å²) in [5, 5.41) is 3.24. The van der Waals surface area contributed by atoms with Gasteiger partial charge in [-0.2, -0.15) is 0 Å². The fraction of sp³-hybridized carbons (Fsp3) is 0.500. The van der Waals surface area contributed by atoms with Crippen LogP contribution >= 0.6 is 31.9 Å². The second-order valence-corrected chi connectivity index (χ2v) is 8.54. The summed E-state index contributed by atoms with van der Waals surface area (Å²) in [6.07, 6.45) is 0.738. The SMILES string of the molecule is CNC(c1ccc(Br)c(Br)c1)C1CCS(=O)(=O)C1. The molecule has 1 heterocycles. The van der Waals surface area contributed by atoms with E-state index in [9.17, 15) is 8.42 Å². The van der Waals surface area contributed by atoms with Gasteiger partial charge in [-0.1, -0.05) is 6.07 Å². The average Bonchev–Trinajstić information content (AvgIpc) is 2.65. The molecule has 2 unspecified atom stereocenters.